The molecule has 1 aromatic carbocycles. The minimum absolute atomic E-state index is 0.130. The van der Waals surface area contributed by atoms with Gasteiger partial charge in [-0.05, 0) is 56.6 Å². The van der Waals surface area contributed by atoms with Gasteiger partial charge in [-0.1, -0.05) is 12.1 Å². The minimum Gasteiger partial charge on any atom is -0.497 e. The van der Waals surface area contributed by atoms with Crippen LogP contribution in [0.5, 0.6) is 5.75 Å². The van der Waals surface area contributed by atoms with Crippen LogP contribution in [0.3, 0.4) is 0 Å². The highest BCUT2D eigenvalue weighted by Crippen LogP contribution is 2.26. The normalized spacial score (nSPS) is 22.9. The first-order valence-corrected chi connectivity index (χ1v) is 8.64. The molecule has 2 N–H and O–H groups in total. The molecule has 2 aliphatic rings. The number of amides is 1. The molecular weight excluding hydrogens is 290 g/mol. The first kappa shape index (κ1) is 16.3. The van der Waals surface area contributed by atoms with Gasteiger partial charge >= 0.3 is 0 Å². The zero-order chi connectivity index (χ0) is 16.1. The van der Waals surface area contributed by atoms with E-state index in [1.807, 2.05) is 12.1 Å². The molecule has 0 saturated carbocycles. The van der Waals surface area contributed by atoms with Crippen LogP contribution in [0, 0.1) is 5.92 Å². The third-order valence-corrected chi connectivity index (χ3v) is 4.98. The predicted octanol–water partition coefficient (Wildman–Crippen LogP) is 1.56. The Morgan fingerprint density at radius 1 is 1.35 bits per heavy atom. The van der Waals surface area contributed by atoms with Crippen LogP contribution in [0.25, 0.3) is 0 Å². The second-order valence-electron chi connectivity index (χ2n) is 6.47. The summed E-state index contributed by atoms with van der Waals surface area (Å²) in [4.78, 5) is 14.8. The van der Waals surface area contributed by atoms with Crippen molar-refractivity contribution in [3.63, 3.8) is 0 Å². The molecule has 0 aromatic heterocycles. The number of carbonyl (C=O) groups excluding carboxylic acids is 1. The first-order valence-electron chi connectivity index (χ1n) is 8.64. The number of nitrogens with zero attached hydrogens (tertiary/aromatic N) is 1. The van der Waals surface area contributed by atoms with E-state index >= 15 is 0 Å². The predicted molar refractivity (Wildman–Crippen MR) is 90.5 cm³/mol. The fourth-order valence-electron chi connectivity index (χ4n) is 3.56. The van der Waals surface area contributed by atoms with Crippen LogP contribution < -0.4 is 15.4 Å². The largest absolute Gasteiger partial charge is 0.497 e. The Labute approximate surface area is 138 Å². The summed E-state index contributed by atoms with van der Waals surface area (Å²) < 4.78 is 5.25. The van der Waals surface area contributed by atoms with Crippen molar-refractivity contribution in [2.75, 3.05) is 39.8 Å². The number of carbonyl (C=O) groups is 1. The van der Waals surface area contributed by atoms with Gasteiger partial charge in [0.05, 0.1) is 19.1 Å². The maximum Gasteiger partial charge on any atom is 0.224 e. The van der Waals surface area contributed by atoms with Gasteiger partial charge in [0.25, 0.3) is 0 Å². The summed E-state index contributed by atoms with van der Waals surface area (Å²) in [5, 5.41) is 6.43. The molecule has 0 spiro atoms. The maximum atomic E-state index is 12.3. The smallest absolute Gasteiger partial charge is 0.224 e. The van der Waals surface area contributed by atoms with Gasteiger partial charge in [-0.15, -0.1) is 0 Å². The lowest BCUT2D eigenvalue weighted by Gasteiger charge is -2.28. The van der Waals surface area contributed by atoms with Crippen molar-refractivity contribution >= 4 is 5.91 Å². The lowest BCUT2D eigenvalue weighted by molar-refractivity contribution is -0.124. The van der Waals surface area contributed by atoms with E-state index in [0.717, 1.165) is 38.3 Å². The van der Waals surface area contributed by atoms with Gasteiger partial charge < -0.3 is 15.4 Å². The minimum atomic E-state index is 0.130. The van der Waals surface area contributed by atoms with E-state index in [-0.39, 0.29) is 17.9 Å². The van der Waals surface area contributed by atoms with E-state index in [0.29, 0.717) is 6.54 Å². The van der Waals surface area contributed by atoms with Crippen LogP contribution in [0.4, 0.5) is 0 Å². The molecule has 23 heavy (non-hydrogen) atoms. The SMILES string of the molecule is COc1ccc(C(CNC(=O)C2CCNC2)N2CCCC2)cc1. The van der Waals surface area contributed by atoms with E-state index in [9.17, 15) is 4.79 Å². The molecule has 2 atom stereocenters. The number of hydrogen-bond acceptors (Lipinski definition) is 4. The van der Waals surface area contributed by atoms with E-state index in [1.165, 1.54) is 18.4 Å². The fraction of sp³-hybridized carbons (Fsp3) is 0.611. The van der Waals surface area contributed by atoms with Crippen LogP contribution in [-0.2, 0) is 4.79 Å². The molecule has 1 aromatic rings. The van der Waals surface area contributed by atoms with Crippen molar-refractivity contribution in [1.82, 2.24) is 15.5 Å². The third kappa shape index (κ3) is 4.03. The molecule has 0 aliphatic carbocycles. The van der Waals surface area contributed by atoms with Crippen molar-refractivity contribution in [2.45, 2.75) is 25.3 Å². The summed E-state index contributed by atoms with van der Waals surface area (Å²) in [5.74, 6) is 1.19. The van der Waals surface area contributed by atoms with Crippen molar-refractivity contribution in [3.8, 4) is 5.75 Å². The number of likely N-dealkylation sites (tertiary alicyclic amines) is 1. The molecule has 1 amide bonds. The summed E-state index contributed by atoms with van der Waals surface area (Å²) in [6, 6.07) is 8.49. The topological polar surface area (TPSA) is 53.6 Å². The Kier molecular flexibility index (Phi) is 5.51. The molecule has 5 nitrogen and oxygen atoms in total. The Bertz CT molecular complexity index is 506. The summed E-state index contributed by atoms with van der Waals surface area (Å²) in [6.45, 7) is 4.66. The van der Waals surface area contributed by atoms with Crippen LogP contribution in [0.15, 0.2) is 24.3 Å². The molecule has 2 saturated heterocycles. The summed E-state index contributed by atoms with van der Waals surface area (Å²) in [5.41, 5.74) is 1.25. The fourth-order valence-corrected chi connectivity index (χ4v) is 3.56. The molecule has 126 valence electrons. The van der Waals surface area contributed by atoms with Gasteiger partial charge in [0.2, 0.25) is 5.91 Å². The van der Waals surface area contributed by atoms with Crippen LogP contribution >= 0.6 is 0 Å². The average Bonchev–Trinajstić information content (AvgIpc) is 3.29. The Morgan fingerprint density at radius 3 is 2.70 bits per heavy atom. The zero-order valence-electron chi connectivity index (χ0n) is 13.9. The third-order valence-electron chi connectivity index (χ3n) is 4.98. The molecule has 5 heteroatoms. The molecule has 2 unspecified atom stereocenters. The van der Waals surface area contributed by atoms with Gasteiger partial charge in [0.15, 0.2) is 0 Å². The van der Waals surface area contributed by atoms with Gasteiger partial charge in [0.1, 0.15) is 5.75 Å². The number of methoxy groups -OCH3 is 1. The first-order chi connectivity index (χ1) is 11.3. The molecular formula is C18H27N3O2. The summed E-state index contributed by atoms with van der Waals surface area (Å²) in [7, 11) is 1.68. The summed E-state index contributed by atoms with van der Waals surface area (Å²) >= 11 is 0. The summed E-state index contributed by atoms with van der Waals surface area (Å²) in [6.07, 6.45) is 3.43. The highest BCUT2D eigenvalue weighted by atomic mass is 16.5. The Balaban J connectivity index is 1.66. The lowest BCUT2D eigenvalue weighted by atomic mass is 10.0. The highest BCUT2D eigenvalue weighted by molar-refractivity contribution is 5.79. The maximum absolute atomic E-state index is 12.3. The Hall–Kier alpha value is -1.59. The van der Waals surface area contributed by atoms with Crippen molar-refractivity contribution in [2.24, 2.45) is 5.92 Å². The molecule has 2 aliphatic heterocycles. The molecule has 0 radical (unpaired) electrons. The molecule has 2 fully saturated rings. The van der Waals surface area contributed by atoms with Gasteiger partial charge in [-0.3, -0.25) is 9.69 Å². The van der Waals surface area contributed by atoms with Gasteiger partial charge in [-0.25, -0.2) is 0 Å². The number of nitrogens with one attached hydrogen (secondary N) is 2. The quantitative estimate of drug-likeness (QED) is 0.836. The van der Waals surface area contributed by atoms with E-state index in [2.05, 4.69) is 27.7 Å². The second kappa shape index (κ2) is 7.79. The molecule has 0 bridgehead atoms. The van der Waals surface area contributed by atoms with Crippen LogP contribution in [0.2, 0.25) is 0 Å². The number of ether oxygens (including phenoxy) is 1. The Morgan fingerprint density at radius 2 is 2.09 bits per heavy atom. The number of benzene rings is 1. The number of rotatable bonds is 6. The van der Waals surface area contributed by atoms with Crippen LogP contribution in [-0.4, -0.2) is 50.6 Å². The standard InChI is InChI=1S/C18H27N3O2/c1-23-16-6-4-14(5-7-16)17(21-10-2-3-11-21)13-20-18(22)15-8-9-19-12-15/h4-7,15,17,19H,2-3,8-13H2,1H3,(H,20,22). The van der Waals surface area contributed by atoms with Crippen LogP contribution in [0.1, 0.15) is 30.9 Å². The lowest BCUT2D eigenvalue weighted by Crippen LogP contribution is -2.39. The zero-order valence-corrected chi connectivity index (χ0v) is 13.9. The van der Waals surface area contributed by atoms with Gasteiger partial charge in [0, 0.05) is 13.1 Å². The monoisotopic (exact) mass is 317 g/mol. The van der Waals surface area contributed by atoms with Crippen molar-refractivity contribution in [3.05, 3.63) is 29.8 Å². The average molecular weight is 317 g/mol. The van der Waals surface area contributed by atoms with E-state index < -0.39 is 0 Å². The highest BCUT2D eigenvalue weighted by Gasteiger charge is 2.26. The van der Waals surface area contributed by atoms with Crippen molar-refractivity contribution < 1.29 is 9.53 Å². The van der Waals surface area contributed by atoms with E-state index in [1.54, 1.807) is 7.11 Å². The van der Waals surface area contributed by atoms with Gasteiger partial charge in [-0.2, -0.15) is 0 Å². The number of hydrogen-bond donors (Lipinski definition) is 2. The van der Waals surface area contributed by atoms with E-state index in [4.69, 9.17) is 4.74 Å². The molecule has 3 rings (SSSR count). The van der Waals surface area contributed by atoms with Crippen molar-refractivity contribution in [1.29, 1.82) is 0 Å². The second-order valence-corrected chi connectivity index (χ2v) is 6.47. The molecule has 2 heterocycles.